The Balaban J connectivity index is 1.24. The number of halogens is 2. The average Bonchev–Trinajstić information content (AvgIpc) is 3.61. The van der Waals surface area contributed by atoms with Gasteiger partial charge in [0.1, 0.15) is 30.2 Å². The van der Waals surface area contributed by atoms with E-state index in [1.54, 1.807) is 13.2 Å². The quantitative estimate of drug-likeness (QED) is 0.260. The highest BCUT2D eigenvalue weighted by Crippen LogP contribution is 2.42. The summed E-state index contributed by atoms with van der Waals surface area (Å²) in [5.41, 5.74) is 3.10. The van der Waals surface area contributed by atoms with Gasteiger partial charge >= 0.3 is 12.0 Å². The van der Waals surface area contributed by atoms with Crippen LogP contribution in [0.1, 0.15) is 68.7 Å². The minimum Gasteiger partial charge on any atom is -0.481 e. The molecule has 3 aromatic rings. The van der Waals surface area contributed by atoms with Crippen LogP contribution in [-0.4, -0.2) is 90.9 Å². The number of ether oxygens (including phenoxy) is 3. The van der Waals surface area contributed by atoms with Crippen LogP contribution < -0.4 is 19.3 Å². The maximum Gasteiger partial charge on any atom is 0.318 e. The van der Waals surface area contributed by atoms with Gasteiger partial charge in [-0.05, 0) is 81.0 Å². The summed E-state index contributed by atoms with van der Waals surface area (Å²) in [7, 11) is 1.58. The molecule has 0 amide bonds. The molecule has 5 heterocycles. The third-order valence-electron chi connectivity index (χ3n) is 11.0. The summed E-state index contributed by atoms with van der Waals surface area (Å²) < 4.78 is 47.3. The van der Waals surface area contributed by atoms with Crippen molar-refractivity contribution in [1.82, 2.24) is 14.9 Å². The molecule has 3 saturated heterocycles. The summed E-state index contributed by atoms with van der Waals surface area (Å²) in [6, 6.07) is 7.48. The molecule has 7 rings (SSSR count). The number of rotatable bonds is 10. The topological polar surface area (TPSA) is 100 Å². The molecule has 10 nitrogen and oxygen atoms in total. The van der Waals surface area contributed by atoms with Crippen molar-refractivity contribution in [1.29, 1.82) is 0 Å². The lowest BCUT2D eigenvalue weighted by Gasteiger charge is -2.36. The molecule has 264 valence electrons. The third-order valence-corrected chi connectivity index (χ3v) is 11.0. The van der Waals surface area contributed by atoms with E-state index in [0.29, 0.717) is 82.7 Å². The van der Waals surface area contributed by atoms with Gasteiger partial charge in [0.25, 0.3) is 0 Å². The summed E-state index contributed by atoms with van der Waals surface area (Å²) in [4.78, 5) is 28.5. The van der Waals surface area contributed by atoms with E-state index in [9.17, 15) is 14.3 Å². The number of fused-ring (bicyclic) bond motifs is 3. The van der Waals surface area contributed by atoms with Crippen molar-refractivity contribution in [3.63, 3.8) is 0 Å². The number of aryl methyl sites for hydroxylation is 1. The molecule has 0 aliphatic carbocycles. The smallest absolute Gasteiger partial charge is 0.318 e. The Morgan fingerprint density at radius 3 is 2.63 bits per heavy atom. The number of methoxy groups -OCH3 is 1. The number of hydrogen-bond acceptors (Lipinski definition) is 9. The first-order chi connectivity index (χ1) is 23.8. The van der Waals surface area contributed by atoms with Crippen LogP contribution >= 0.6 is 0 Å². The summed E-state index contributed by atoms with van der Waals surface area (Å²) in [6.07, 6.45) is 5.48. The fourth-order valence-electron chi connectivity index (χ4n) is 8.61. The molecule has 2 aromatic carbocycles. The first-order valence-electron chi connectivity index (χ1n) is 17.8. The fourth-order valence-corrected chi connectivity index (χ4v) is 8.61. The van der Waals surface area contributed by atoms with Gasteiger partial charge in [0, 0.05) is 62.4 Å². The number of aliphatic carboxylic acids is 1. The molecule has 1 aromatic heterocycles. The van der Waals surface area contributed by atoms with Gasteiger partial charge in [-0.1, -0.05) is 13.0 Å². The molecule has 4 aliphatic heterocycles. The number of carboxylic acid groups (broad SMARTS) is 1. The van der Waals surface area contributed by atoms with Crippen molar-refractivity contribution in [2.75, 3.05) is 63.0 Å². The number of anilines is 2. The molecule has 2 atom stereocenters. The molecule has 49 heavy (non-hydrogen) atoms. The second kappa shape index (κ2) is 14.2. The van der Waals surface area contributed by atoms with Crippen LogP contribution in [0.4, 0.5) is 20.3 Å². The fraction of sp³-hybridized carbons (Fsp3) is 0.595. The molecule has 1 N–H and O–H groups in total. The highest BCUT2D eigenvalue weighted by atomic mass is 19.1. The number of alkyl halides is 1. The lowest BCUT2D eigenvalue weighted by molar-refractivity contribution is -0.142. The summed E-state index contributed by atoms with van der Waals surface area (Å²) in [6.45, 7) is 6.23. The van der Waals surface area contributed by atoms with E-state index in [-0.39, 0.29) is 30.1 Å². The zero-order valence-corrected chi connectivity index (χ0v) is 28.6. The Bertz CT molecular complexity index is 1680. The number of aromatic nitrogens is 2. The highest BCUT2D eigenvalue weighted by Gasteiger charge is 2.49. The lowest BCUT2D eigenvalue weighted by atomic mass is 9.95. The van der Waals surface area contributed by atoms with E-state index < -0.39 is 12.1 Å². The van der Waals surface area contributed by atoms with Crippen molar-refractivity contribution in [2.45, 2.75) is 83.0 Å². The van der Waals surface area contributed by atoms with Crippen molar-refractivity contribution in [2.24, 2.45) is 5.92 Å². The van der Waals surface area contributed by atoms with Gasteiger partial charge in [0.15, 0.2) is 6.79 Å². The maximum atomic E-state index is 15.2. The SMILES string of the molecule is CCc1c(F)ccc2cc(OCOC)cc(N3CCc4c(nc(OC[C@@]56CCCN5C[C@H](F)C6)nc4N4CCCC(C(=O)O)CCC4)C3)c12. The minimum absolute atomic E-state index is 0.0953. The Morgan fingerprint density at radius 1 is 1.06 bits per heavy atom. The maximum absolute atomic E-state index is 15.2. The lowest BCUT2D eigenvalue weighted by Crippen LogP contribution is -2.43. The number of benzene rings is 2. The van der Waals surface area contributed by atoms with Crippen LogP contribution in [0.15, 0.2) is 24.3 Å². The van der Waals surface area contributed by atoms with Crippen molar-refractivity contribution in [3.8, 4) is 11.8 Å². The standard InChI is InChI=1S/C37H47F2N5O5/c1-3-28-30(39)10-9-25-17-27(49-23-47-2)18-32(33(25)28)43-16-11-29-31(21-43)40-36(48-22-37-12-6-15-44(37)20-26(38)19-37)41-34(29)42-13-4-7-24(35(45)46)8-5-14-42/h9-10,17-18,24,26H,3-8,11-16,19-23H2,1-2H3,(H,45,46)/t26-,37+/m1/s1. The van der Waals surface area contributed by atoms with Crippen LogP contribution in [0, 0.1) is 11.7 Å². The first-order valence-corrected chi connectivity index (χ1v) is 17.8. The second-order valence-corrected chi connectivity index (χ2v) is 14.1. The van der Waals surface area contributed by atoms with Crippen molar-refractivity contribution < 1.29 is 32.9 Å². The van der Waals surface area contributed by atoms with Gasteiger partial charge in [-0.3, -0.25) is 9.69 Å². The van der Waals surface area contributed by atoms with Gasteiger partial charge in [0.2, 0.25) is 0 Å². The number of nitrogens with zero attached hydrogens (tertiary/aromatic N) is 5. The molecule has 12 heteroatoms. The zero-order chi connectivity index (χ0) is 34.1. The molecular formula is C37H47F2N5O5. The molecule has 0 bridgehead atoms. The highest BCUT2D eigenvalue weighted by molar-refractivity contribution is 5.98. The summed E-state index contributed by atoms with van der Waals surface area (Å²) in [5.74, 6) is 0.210. The number of carboxylic acids is 1. The van der Waals surface area contributed by atoms with Gasteiger partial charge in [-0.15, -0.1) is 0 Å². The molecule has 0 spiro atoms. The predicted molar refractivity (Wildman–Crippen MR) is 183 cm³/mol. The Hall–Kier alpha value is -3.77. The van der Waals surface area contributed by atoms with Crippen LogP contribution in [-0.2, 0) is 28.9 Å². The minimum atomic E-state index is -0.857. The van der Waals surface area contributed by atoms with Crippen LogP contribution in [0.25, 0.3) is 10.8 Å². The van der Waals surface area contributed by atoms with Crippen LogP contribution in [0.2, 0.25) is 0 Å². The zero-order valence-electron chi connectivity index (χ0n) is 28.6. The van der Waals surface area contributed by atoms with E-state index in [1.165, 1.54) is 6.07 Å². The Morgan fingerprint density at radius 2 is 1.88 bits per heavy atom. The van der Waals surface area contributed by atoms with E-state index >= 15 is 4.39 Å². The van der Waals surface area contributed by atoms with Crippen LogP contribution in [0.3, 0.4) is 0 Å². The van der Waals surface area contributed by atoms with Gasteiger partial charge < -0.3 is 29.1 Å². The van der Waals surface area contributed by atoms with E-state index in [4.69, 9.17) is 24.2 Å². The van der Waals surface area contributed by atoms with Gasteiger partial charge in [-0.25, -0.2) is 8.78 Å². The molecule has 0 unspecified atom stereocenters. The molecule has 3 fully saturated rings. The Kier molecular flexibility index (Phi) is 9.79. The molecule has 0 saturated carbocycles. The molecule has 0 radical (unpaired) electrons. The molecule has 4 aliphatic rings. The number of hydrogen-bond donors (Lipinski definition) is 1. The van der Waals surface area contributed by atoms with Crippen LogP contribution in [0.5, 0.6) is 11.8 Å². The largest absolute Gasteiger partial charge is 0.481 e. The first kappa shape index (κ1) is 33.7. The summed E-state index contributed by atoms with van der Waals surface area (Å²) >= 11 is 0. The van der Waals surface area contributed by atoms with E-state index in [1.807, 2.05) is 19.1 Å². The third kappa shape index (κ3) is 6.73. The molecular weight excluding hydrogens is 632 g/mol. The van der Waals surface area contributed by atoms with Crippen molar-refractivity contribution in [3.05, 3.63) is 46.9 Å². The summed E-state index contributed by atoms with van der Waals surface area (Å²) in [5, 5.41) is 11.4. The van der Waals surface area contributed by atoms with Gasteiger partial charge in [0.05, 0.1) is 23.7 Å². The van der Waals surface area contributed by atoms with Gasteiger partial charge in [-0.2, -0.15) is 9.97 Å². The van der Waals surface area contributed by atoms with E-state index in [0.717, 1.165) is 65.8 Å². The van der Waals surface area contributed by atoms with E-state index in [2.05, 4.69) is 14.7 Å². The second-order valence-electron chi connectivity index (χ2n) is 14.1. The predicted octanol–water partition coefficient (Wildman–Crippen LogP) is 5.91. The monoisotopic (exact) mass is 679 g/mol. The Labute approximate surface area is 286 Å². The normalized spacial score (nSPS) is 23.3. The van der Waals surface area contributed by atoms with Crippen molar-refractivity contribution >= 4 is 28.2 Å². The number of carbonyl (C=O) groups is 1. The average molecular weight is 680 g/mol.